The van der Waals surface area contributed by atoms with Crippen LogP contribution < -0.4 is 15.8 Å². The van der Waals surface area contributed by atoms with E-state index in [1.807, 2.05) is 0 Å². The van der Waals surface area contributed by atoms with Crippen molar-refractivity contribution >= 4 is 5.69 Å². The molecule has 0 unspecified atom stereocenters. The lowest BCUT2D eigenvalue weighted by atomic mass is 10.2. The van der Waals surface area contributed by atoms with E-state index >= 15 is 0 Å². The average molecular weight is 294 g/mol. The molecule has 1 aromatic rings. The van der Waals surface area contributed by atoms with Gasteiger partial charge < -0.3 is 15.0 Å². The Hall–Kier alpha value is -1.40. The maximum atomic E-state index is 12.1. The third-order valence-corrected chi connectivity index (χ3v) is 3.97. The number of rotatable bonds is 7. The molecule has 0 radical (unpaired) electrons. The van der Waals surface area contributed by atoms with Crippen molar-refractivity contribution in [2.45, 2.75) is 39.3 Å². The maximum absolute atomic E-state index is 12.1. The summed E-state index contributed by atoms with van der Waals surface area (Å²) in [6, 6.07) is 2.20. The van der Waals surface area contributed by atoms with E-state index in [4.69, 9.17) is 4.74 Å². The minimum absolute atomic E-state index is 0.0367. The Bertz CT molecular complexity index is 479. The Morgan fingerprint density at radius 2 is 2.05 bits per heavy atom. The van der Waals surface area contributed by atoms with Crippen molar-refractivity contribution in [3.63, 3.8) is 0 Å². The molecule has 0 atom stereocenters. The quantitative estimate of drug-likeness (QED) is 0.808. The molecule has 118 valence electrons. The number of nitrogens with zero attached hydrogens (tertiary/aromatic N) is 3. The fourth-order valence-corrected chi connectivity index (χ4v) is 2.54. The van der Waals surface area contributed by atoms with E-state index in [-0.39, 0.29) is 5.56 Å². The van der Waals surface area contributed by atoms with E-state index in [1.165, 1.54) is 4.68 Å². The molecule has 0 spiro atoms. The van der Waals surface area contributed by atoms with E-state index in [0.717, 1.165) is 38.2 Å². The van der Waals surface area contributed by atoms with Crippen LogP contribution in [0.5, 0.6) is 0 Å². The van der Waals surface area contributed by atoms with E-state index in [0.29, 0.717) is 25.8 Å². The molecule has 1 aliphatic heterocycles. The van der Waals surface area contributed by atoms with Gasteiger partial charge in [0.25, 0.3) is 5.56 Å². The zero-order chi connectivity index (χ0) is 15.1. The molecule has 0 saturated carbocycles. The summed E-state index contributed by atoms with van der Waals surface area (Å²) in [6.07, 6.45) is 3.99. The summed E-state index contributed by atoms with van der Waals surface area (Å²) in [7, 11) is 0. The lowest BCUT2D eigenvalue weighted by molar-refractivity contribution is 0.122. The van der Waals surface area contributed by atoms with Crippen molar-refractivity contribution in [1.29, 1.82) is 0 Å². The molecule has 1 N–H and O–H groups in total. The Labute approximate surface area is 126 Å². The van der Waals surface area contributed by atoms with Crippen molar-refractivity contribution < 1.29 is 4.74 Å². The molecule has 1 aliphatic rings. The van der Waals surface area contributed by atoms with Gasteiger partial charge in [-0.15, -0.1) is 0 Å². The average Bonchev–Trinajstić information content (AvgIpc) is 2.53. The fraction of sp³-hybridized carbons (Fsp3) is 0.733. The second-order valence-electron chi connectivity index (χ2n) is 5.34. The van der Waals surface area contributed by atoms with Gasteiger partial charge >= 0.3 is 0 Å². The Morgan fingerprint density at radius 1 is 1.33 bits per heavy atom. The lowest BCUT2D eigenvalue weighted by Crippen LogP contribution is -2.38. The Morgan fingerprint density at radius 3 is 2.67 bits per heavy atom. The Kier molecular flexibility index (Phi) is 6.20. The van der Waals surface area contributed by atoms with Gasteiger partial charge in [0, 0.05) is 31.7 Å². The number of anilines is 1. The highest BCUT2D eigenvalue weighted by Crippen LogP contribution is 2.11. The molecule has 21 heavy (non-hydrogen) atoms. The van der Waals surface area contributed by atoms with Crippen molar-refractivity contribution in [2.24, 2.45) is 0 Å². The minimum Gasteiger partial charge on any atom is -0.378 e. The molecule has 0 amide bonds. The first-order valence-electron chi connectivity index (χ1n) is 7.87. The van der Waals surface area contributed by atoms with Gasteiger partial charge in [-0.2, -0.15) is 5.10 Å². The number of hydrogen-bond donors (Lipinski definition) is 1. The molecule has 2 rings (SSSR count). The highest BCUT2D eigenvalue weighted by molar-refractivity contribution is 5.43. The van der Waals surface area contributed by atoms with Gasteiger partial charge in [0.15, 0.2) is 0 Å². The van der Waals surface area contributed by atoms with Gasteiger partial charge in [-0.25, -0.2) is 4.68 Å². The smallest absolute Gasteiger partial charge is 0.268 e. The summed E-state index contributed by atoms with van der Waals surface area (Å²) in [5.41, 5.74) is 0.859. The fourth-order valence-electron chi connectivity index (χ4n) is 2.54. The summed E-state index contributed by atoms with van der Waals surface area (Å²) in [5.74, 6) is 0. The SMILES string of the molecule is CCC(CC)NCCn1ncc(N2CCOCC2)cc1=O. The minimum atomic E-state index is -0.0367. The standard InChI is InChI=1S/C15H26N4O2/c1-3-13(4-2)16-5-6-19-15(20)11-14(12-17-19)18-7-9-21-10-8-18/h11-13,16H,3-10H2,1-2H3. The molecule has 6 heteroatoms. The molecule has 0 aromatic carbocycles. The van der Waals surface area contributed by atoms with E-state index in [2.05, 4.69) is 29.2 Å². The van der Waals surface area contributed by atoms with Crippen LogP contribution in [-0.4, -0.2) is 48.7 Å². The van der Waals surface area contributed by atoms with Crippen molar-refractivity contribution in [3.05, 3.63) is 22.6 Å². The third-order valence-electron chi connectivity index (χ3n) is 3.97. The van der Waals surface area contributed by atoms with E-state index in [9.17, 15) is 4.79 Å². The first-order chi connectivity index (χ1) is 10.2. The van der Waals surface area contributed by atoms with Crippen molar-refractivity contribution in [1.82, 2.24) is 15.1 Å². The van der Waals surface area contributed by atoms with Crippen LogP contribution in [-0.2, 0) is 11.3 Å². The predicted octanol–water partition coefficient (Wildman–Crippen LogP) is 0.858. The van der Waals surface area contributed by atoms with Crippen LogP contribution >= 0.6 is 0 Å². The Balaban J connectivity index is 1.91. The van der Waals surface area contributed by atoms with Crippen LogP contribution in [0.1, 0.15) is 26.7 Å². The van der Waals surface area contributed by atoms with Gasteiger partial charge in [-0.05, 0) is 12.8 Å². The van der Waals surface area contributed by atoms with Crippen LogP contribution in [0.25, 0.3) is 0 Å². The number of morpholine rings is 1. The van der Waals surface area contributed by atoms with Crippen molar-refractivity contribution in [2.75, 3.05) is 37.7 Å². The predicted molar refractivity (Wildman–Crippen MR) is 83.9 cm³/mol. The summed E-state index contributed by atoms with van der Waals surface area (Å²) >= 11 is 0. The second kappa shape index (κ2) is 8.14. The number of nitrogens with one attached hydrogen (secondary N) is 1. The first-order valence-corrected chi connectivity index (χ1v) is 7.87. The summed E-state index contributed by atoms with van der Waals surface area (Å²) in [4.78, 5) is 14.3. The molecule has 1 saturated heterocycles. The van der Waals surface area contributed by atoms with Crippen molar-refractivity contribution in [3.8, 4) is 0 Å². The van der Waals surface area contributed by atoms with Crippen LogP contribution in [0.15, 0.2) is 17.1 Å². The lowest BCUT2D eigenvalue weighted by Gasteiger charge is -2.28. The van der Waals surface area contributed by atoms with Crippen LogP contribution in [0.3, 0.4) is 0 Å². The highest BCUT2D eigenvalue weighted by atomic mass is 16.5. The molecule has 0 aliphatic carbocycles. The summed E-state index contributed by atoms with van der Waals surface area (Å²) in [5, 5.41) is 7.73. The number of hydrogen-bond acceptors (Lipinski definition) is 5. The zero-order valence-corrected chi connectivity index (χ0v) is 13.0. The number of ether oxygens (including phenoxy) is 1. The summed E-state index contributed by atoms with van der Waals surface area (Å²) in [6.45, 7) is 8.79. The molecule has 0 bridgehead atoms. The molecule has 1 aromatic heterocycles. The molecule has 6 nitrogen and oxygen atoms in total. The molecular weight excluding hydrogens is 268 g/mol. The van der Waals surface area contributed by atoms with Crippen LogP contribution in [0.2, 0.25) is 0 Å². The highest BCUT2D eigenvalue weighted by Gasteiger charge is 2.12. The van der Waals surface area contributed by atoms with Gasteiger partial charge in [-0.3, -0.25) is 4.79 Å². The zero-order valence-electron chi connectivity index (χ0n) is 13.0. The maximum Gasteiger partial charge on any atom is 0.268 e. The van der Waals surface area contributed by atoms with Gasteiger partial charge in [-0.1, -0.05) is 13.8 Å². The van der Waals surface area contributed by atoms with Gasteiger partial charge in [0.05, 0.1) is 31.6 Å². The summed E-state index contributed by atoms with van der Waals surface area (Å²) < 4.78 is 6.85. The van der Waals surface area contributed by atoms with Crippen LogP contribution in [0.4, 0.5) is 5.69 Å². The van der Waals surface area contributed by atoms with E-state index in [1.54, 1.807) is 12.3 Å². The van der Waals surface area contributed by atoms with Crippen LogP contribution in [0, 0.1) is 0 Å². The van der Waals surface area contributed by atoms with Gasteiger partial charge in [0.1, 0.15) is 0 Å². The first kappa shape index (κ1) is 16.0. The molecule has 1 fully saturated rings. The monoisotopic (exact) mass is 294 g/mol. The van der Waals surface area contributed by atoms with E-state index < -0.39 is 0 Å². The largest absolute Gasteiger partial charge is 0.378 e. The second-order valence-corrected chi connectivity index (χ2v) is 5.34. The number of aromatic nitrogens is 2. The topological polar surface area (TPSA) is 59.4 Å². The third kappa shape index (κ3) is 4.54. The molecular formula is C15H26N4O2. The molecule has 2 heterocycles. The normalized spacial score (nSPS) is 15.7. The van der Waals surface area contributed by atoms with Gasteiger partial charge in [0.2, 0.25) is 0 Å².